The highest BCUT2D eigenvalue weighted by Crippen LogP contribution is 2.18. The Morgan fingerprint density at radius 1 is 1.00 bits per heavy atom. The maximum atomic E-state index is 5.81. The maximum Gasteiger partial charge on any atom is 0.120 e. The molecule has 0 saturated carbocycles. The molecule has 18 heavy (non-hydrogen) atoms. The van der Waals surface area contributed by atoms with Crippen molar-refractivity contribution in [2.24, 2.45) is 5.92 Å². The van der Waals surface area contributed by atoms with Crippen LogP contribution in [-0.4, -0.2) is 25.8 Å². The minimum atomic E-state index is 0.168. The van der Waals surface area contributed by atoms with Crippen molar-refractivity contribution >= 4 is 0 Å². The average Bonchev–Trinajstić information content (AvgIpc) is 2.31. The third-order valence-corrected chi connectivity index (χ3v) is 2.46. The van der Waals surface area contributed by atoms with Crippen molar-refractivity contribution in [3.05, 3.63) is 24.3 Å². The van der Waals surface area contributed by atoms with Gasteiger partial charge in [-0.05, 0) is 50.6 Å². The molecule has 102 valence electrons. The fraction of sp³-hybridized carbons (Fsp3) is 0.600. The van der Waals surface area contributed by atoms with Gasteiger partial charge in [0, 0.05) is 6.54 Å². The van der Waals surface area contributed by atoms with Crippen molar-refractivity contribution in [3.63, 3.8) is 0 Å². The molecule has 0 aliphatic carbocycles. The van der Waals surface area contributed by atoms with Crippen molar-refractivity contribution in [1.82, 2.24) is 5.32 Å². The van der Waals surface area contributed by atoms with E-state index in [-0.39, 0.29) is 6.10 Å². The van der Waals surface area contributed by atoms with Gasteiger partial charge in [-0.3, -0.25) is 0 Å². The van der Waals surface area contributed by atoms with Gasteiger partial charge in [0.2, 0.25) is 0 Å². The fourth-order valence-electron chi connectivity index (χ4n) is 1.63. The molecule has 1 rings (SSSR count). The number of ether oxygens (including phenoxy) is 2. The molecule has 1 aromatic rings. The first-order valence-electron chi connectivity index (χ1n) is 6.72. The zero-order chi connectivity index (χ0) is 13.4. The first kappa shape index (κ1) is 14.8. The van der Waals surface area contributed by atoms with Gasteiger partial charge in [-0.2, -0.15) is 0 Å². The summed E-state index contributed by atoms with van der Waals surface area (Å²) in [6.45, 7) is 11.0. The summed E-state index contributed by atoms with van der Waals surface area (Å²) in [5.74, 6) is 2.44. The maximum absolute atomic E-state index is 5.81. The number of hydrogen-bond donors (Lipinski definition) is 1. The fourth-order valence-corrected chi connectivity index (χ4v) is 1.63. The van der Waals surface area contributed by atoms with E-state index in [1.165, 1.54) is 0 Å². The molecule has 0 amide bonds. The summed E-state index contributed by atoms with van der Waals surface area (Å²) in [5.41, 5.74) is 0. The molecule has 0 aromatic heterocycles. The molecular formula is C15H25NO2. The van der Waals surface area contributed by atoms with Crippen LogP contribution in [0.5, 0.6) is 11.5 Å². The van der Waals surface area contributed by atoms with Crippen LogP contribution in [0.1, 0.15) is 27.7 Å². The molecule has 1 aromatic carbocycles. The Bertz CT molecular complexity index is 322. The minimum Gasteiger partial charge on any atom is -0.494 e. The summed E-state index contributed by atoms with van der Waals surface area (Å²) in [4.78, 5) is 0. The predicted octanol–water partition coefficient (Wildman–Crippen LogP) is 3.10. The Hall–Kier alpha value is -1.22. The van der Waals surface area contributed by atoms with E-state index in [0.717, 1.165) is 24.6 Å². The van der Waals surface area contributed by atoms with Gasteiger partial charge in [0.25, 0.3) is 0 Å². The summed E-state index contributed by atoms with van der Waals surface area (Å²) in [5, 5.41) is 3.39. The van der Waals surface area contributed by atoms with Crippen molar-refractivity contribution in [1.29, 1.82) is 0 Å². The molecule has 1 atom stereocenters. The zero-order valence-electron chi connectivity index (χ0n) is 11.9. The number of nitrogens with one attached hydrogen (secondary N) is 1. The van der Waals surface area contributed by atoms with Crippen LogP contribution >= 0.6 is 0 Å². The summed E-state index contributed by atoms with van der Waals surface area (Å²) in [6.07, 6.45) is 0.168. The number of benzene rings is 1. The molecule has 0 heterocycles. The van der Waals surface area contributed by atoms with E-state index >= 15 is 0 Å². The van der Waals surface area contributed by atoms with Crippen molar-refractivity contribution in [3.8, 4) is 11.5 Å². The lowest BCUT2D eigenvalue weighted by Crippen LogP contribution is -2.31. The Morgan fingerprint density at radius 3 is 2.17 bits per heavy atom. The largest absolute Gasteiger partial charge is 0.494 e. The van der Waals surface area contributed by atoms with E-state index in [4.69, 9.17) is 9.47 Å². The number of rotatable bonds is 8. The Labute approximate surface area is 110 Å². The average molecular weight is 251 g/mol. The van der Waals surface area contributed by atoms with Crippen LogP contribution in [0.4, 0.5) is 0 Å². The Kier molecular flexibility index (Phi) is 6.58. The lowest BCUT2D eigenvalue weighted by Gasteiger charge is -2.16. The molecule has 0 radical (unpaired) electrons. The number of hydrogen-bond acceptors (Lipinski definition) is 3. The SMILES string of the molecule is CCOc1ccc(OC(C)CNCC(C)C)cc1. The molecular weight excluding hydrogens is 226 g/mol. The minimum absolute atomic E-state index is 0.168. The monoisotopic (exact) mass is 251 g/mol. The van der Waals surface area contributed by atoms with Gasteiger partial charge in [-0.1, -0.05) is 13.8 Å². The molecule has 0 bridgehead atoms. The highest BCUT2D eigenvalue weighted by atomic mass is 16.5. The zero-order valence-corrected chi connectivity index (χ0v) is 11.9. The summed E-state index contributed by atoms with van der Waals surface area (Å²) >= 11 is 0. The van der Waals surface area contributed by atoms with Crippen LogP contribution in [0.3, 0.4) is 0 Å². The van der Waals surface area contributed by atoms with Gasteiger partial charge < -0.3 is 14.8 Å². The van der Waals surface area contributed by atoms with Crippen LogP contribution in [0.15, 0.2) is 24.3 Å². The molecule has 0 fully saturated rings. The van der Waals surface area contributed by atoms with Gasteiger partial charge in [-0.25, -0.2) is 0 Å². The topological polar surface area (TPSA) is 30.5 Å². The third kappa shape index (κ3) is 5.92. The molecule has 1 N–H and O–H groups in total. The van der Waals surface area contributed by atoms with Crippen LogP contribution in [0.2, 0.25) is 0 Å². The quantitative estimate of drug-likeness (QED) is 0.770. The van der Waals surface area contributed by atoms with E-state index in [1.54, 1.807) is 0 Å². The van der Waals surface area contributed by atoms with Gasteiger partial charge in [-0.15, -0.1) is 0 Å². The van der Waals surface area contributed by atoms with Crippen molar-refractivity contribution in [2.75, 3.05) is 19.7 Å². The Morgan fingerprint density at radius 2 is 1.61 bits per heavy atom. The van der Waals surface area contributed by atoms with Gasteiger partial charge >= 0.3 is 0 Å². The van der Waals surface area contributed by atoms with Crippen LogP contribution in [0.25, 0.3) is 0 Å². The first-order chi connectivity index (χ1) is 8.61. The van der Waals surface area contributed by atoms with E-state index in [1.807, 2.05) is 31.2 Å². The molecule has 3 heteroatoms. The smallest absolute Gasteiger partial charge is 0.120 e. The first-order valence-corrected chi connectivity index (χ1v) is 6.72. The highest BCUT2D eigenvalue weighted by Gasteiger charge is 2.04. The molecule has 1 unspecified atom stereocenters. The second kappa shape index (κ2) is 7.98. The van der Waals surface area contributed by atoms with Gasteiger partial charge in [0.1, 0.15) is 17.6 Å². The molecule has 0 saturated heterocycles. The second-order valence-corrected chi connectivity index (χ2v) is 4.88. The lowest BCUT2D eigenvalue weighted by atomic mass is 10.2. The summed E-state index contributed by atoms with van der Waals surface area (Å²) in [6, 6.07) is 7.77. The highest BCUT2D eigenvalue weighted by molar-refractivity contribution is 5.31. The van der Waals surface area contributed by atoms with E-state index < -0.39 is 0 Å². The van der Waals surface area contributed by atoms with Crippen LogP contribution < -0.4 is 14.8 Å². The van der Waals surface area contributed by atoms with Gasteiger partial charge in [0.05, 0.1) is 6.61 Å². The van der Waals surface area contributed by atoms with Crippen LogP contribution in [-0.2, 0) is 0 Å². The van der Waals surface area contributed by atoms with E-state index in [2.05, 4.69) is 26.1 Å². The normalized spacial score (nSPS) is 12.5. The molecule has 0 aliphatic rings. The summed E-state index contributed by atoms with van der Waals surface area (Å²) in [7, 11) is 0. The lowest BCUT2D eigenvalue weighted by molar-refractivity contribution is 0.215. The molecule has 0 aliphatic heterocycles. The van der Waals surface area contributed by atoms with E-state index in [0.29, 0.717) is 12.5 Å². The standard InChI is InChI=1S/C15H25NO2/c1-5-17-14-6-8-15(9-7-14)18-13(4)11-16-10-12(2)3/h6-9,12-13,16H,5,10-11H2,1-4H3. The van der Waals surface area contributed by atoms with Crippen LogP contribution in [0, 0.1) is 5.92 Å². The molecule has 0 spiro atoms. The molecule has 3 nitrogen and oxygen atoms in total. The predicted molar refractivity (Wildman–Crippen MR) is 75.4 cm³/mol. The van der Waals surface area contributed by atoms with Crippen molar-refractivity contribution in [2.45, 2.75) is 33.8 Å². The van der Waals surface area contributed by atoms with E-state index in [9.17, 15) is 0 Å². The van der Waals surface area contributed by atoms with Gasteiger partial charge in [0.15, 0.2) is 0 Å². The van der Waals surface area contributed by atoms with Crippen molar-refractivity contribution < 1.29 is 9.47 Å². The third-order valence-electron chi connectivity index (χ3n) is 2.46. The Balaban J connectivity index is 2.32. The summed E-state index contributed by atoms with van der Waals surface area (Å²) < 4.78 is 11.2. The second-order valence-electron chi connectivity index (χ2n) is 4.88.